The van der Waals surface area contributed by atoms with Crippen molar-refractivity contribution >= 4 is 28.7 Å². The zero-order chi connectivity index (χ0) is 10.6. The van der Waals surface area contributed by atoms with Gasteiger partial charge in [-0.3, -0.25) is 0 Å². The molecule has 0 saturated heterocycles. The van der Waals surface area contributed by atoms with Crippen molar-refractivity contribution in [1.29, 1.82) is 0 Å². The summed E-state index contributed by atoms with van der Waals surface area (Å²) in [6.45, 7) is 0. The molecule has 1 N–H and O–H groups in total. The summed E-state index contributed by atoms with van der Waals surface area (Å²) >= 11 is 1.94. The predicted molar refractivity (Wildman–Crippen MR) is 56.4 cm³/mol. The van der Waals surface area contributed by atoms with Gasteiger partial charge in [0.05, 0.1) is 7.11 Å². The fourth-order valence-corrected chi connectivity index (χ4v) is 1.30. The molecule has 7 heteroatoms. The highest BCUT2D eigenvalue weighted by Crippen LogP contribution is 2.24. The highest BCUT2D eigenvalue weighted by molar-refractivity contribution is 14.1. The lowest BCUT2D eigenvalue weighted by Crippen LogP contribution is -2.23. The van der Waals surface area contributed by atoms with Crippen LogP contribution in [-0.4, -0.2) is 30.2 Å². The van der Waals surface area contributed by atoms with Crippen molar-refractivity contribution in [3.63, 3.8) is 0 Å². The van der Waals surface area contributed by atoms with Crippen LogP contribution < -0.4 is 14.8 Å². The summed E-state index contributed by atoms with van der Waals surface area (Å²) in [6, 6.07) is 0. The molecule has 0 aromatic carbocycles. The van der Waals surface area contributed by atoms with Crippen molar-refractivity contribution in [2.24, 2.45) is 0 Å². The van der Waals surface area contributed by atoms with Crippen LogP contribution in [0.5, 0.6) is 11.8 Å². The van der Waals surface area contributed by atoms with Gasteiger partial charge in [0.2, 0.25) is 11.8 Å². The van der Waals surface area contributed by atoms with E-state index < -0.39 is 6.09 Å². The van der Waals surface area contributed by atoms with E-state index in [9.17, 15) is 4.79 Å². The van der Waals surface area contributed by atoms with Gasteiger partial charge in [0.25, 0.3) is 0 Å². The van der Waals surface area contributed by atoms with Crippen molar-refractivity contribution in [1.82, 2.24) is 15.3 Å². The van der Waals surface area contributed by atoms with Crippen LogP contribution in [0.1, 0.15) is 0 Å². The first-order valence-corrected chi connectivity index (χ1v) is 4.71. The molecule has 0 saturated carbocycles. The first-order valence-electron chi connectivity index (χ1n) is 3.63. The predicted octanol–water partition coefficient (Wildman–Crippen LogP) is 0.808. The largest absolute Gasteiger partial charge is 0.480 e. The first-order chi connectivity index (χ1) is 6.69. The second kappa shape index (κ2) is 4.94. The molecule has 0 fully saturated rings. The third-order valence-electron chi connectivity index (χ3n) is 1.31. The van der Waals surface area contributed by atoms with Gasteiger partial charge in [-0.25, -0.2) is 14.8 Å². The van der Waals surface area contributed by atoms with Gasteiger partial charge >= 0.3 is 6.09 Å². The monoisotopic (exact) mass is 309 g/mol. The van der Waals surface area contributed by atoms with E-state index in [4.69, 9.17) is 9.47 Å². The maximum absolute atomic E-state index is 10.9. The molecule has 1 aromatic rings. The van der Waals surface area contributed by atoms with Crippen molar-refractivity contribution in [2.75, 3.05) is 14.2 Å². The maximum atomic E-state index is 10.9. The Morgan fingerprint density at radius 3 is 2.71 bits per heavy atom. The Morgan fingerprint density at radius 2 is 2.14 bits per heavy atom. The van der Waals surface area contributed by atoms with Crippen molar-refractivity contribution in [3.05, 3.63) is 9.90 Å². The molecule has 0 spiro atoms. The number of aromatic nitrogens is 2. The van der Waals surface area contributed by atoms with Gasteiger partial charge in [0.1, 0.15) is 9.90 Å². The van der Waals surface area contributed by atoms with Crippen LogP contribution in [0.2, 0.25) is 0 Å². The lowest BCUT2D eigenvalue weighted by molar-refractivity contribution is 0.200. The van der Waals surface area contributed by atoms with Crippen molar-refractivity contribution < 1.29 is 14.3 Å². The van der Waals surface area contributed by atoms with E-state index in [1.807, 2.05) is 22.6 Å². The standard InChI is InChI=1S/C7H8IN3O3/c1-9-7(12)14-6-4(8)5(13-2)10-3-11-6/h3H,1-2H3,(H,9,12). The molecule has 6 nitrogen and oxygen atoms in total. The summed E-state index contributed by atoms with van der Waals surface area (Å²) in [4.78, 5) is 18.5. The average Bonchev–Trinajstić information content (AvgIpc) is 2.21. The van der Waals surface area contributed by atoms with Crippen LogP contribution in [0.4, 0.5) is 4.79 Å². The van der Waals surface area contributed by atoms with Gasteiger partial charge in [-0.2, -0.15) is 0 Å². The number of nitrogens with one attached hydrogen (secondary N) is 1. The Kier molecular flexibility index (Phi) is 3.86. The number of carbonyl (C=O) groups is 1. The zero-order valence-electron chi connectivity index (χ0n) is 7.57. The van der Waals surface area contributed by atoms with Gasteiger partial charge in [0.15, 0.2) is 0 Å². The number of carbonyl (C=O) groups excluding carboxylic acids is 1. The number of rotatable bonds is 2. The lowest BCUT2D eigenvalue weighted by Gasteiger charge is -2.06. The first kappa shape index (κ1) is 11.0. The van der Waals surface area contributed by atoms with Gasteiger partial charge in [-0.15, -0.1) is 0 Å². The van der Waals surface area contributed by atoms with Gasteiger partial charge < -0.3 is 14.8 Å². The zero-order valence-corrected chi connectivity index (χ0v) is 9.73. The number of methoxy groups -OCH3 is 1. The van der Waals surface area contributed by atoms with Crippen LogP contribution in [0.25, 0.3) is 0 Å². The smallest absolute Gasteiger partial charge is 0.413 e. The minimum Gasteiger partial charge on any atom is -0.480 e. The lowest BCUT2D eigenvalue weighted by atomic mass is 10.6. The molecule has 1 aromatic heterocycles. The molecular formula is C7H8IN3O3. The molecule has 0 unspecified atom stereocenters. The second-order valence-electron chi connectivity index (χ2n) is 2.14. The number of hydrogen-bond donors (Lipinski definition) is 1. The molecule has 1 heterocycles. The molecule has 0 radical (unpaired) electrons. The highest BCUT2D eigenvalue weighted by Gasteiger charge is 2.12. The summed E-state index contributed by atoms with van der Waals surface area (Å²) < 4.78 is 10.3. The molecular weight excluding hydrogens is 301 g/mol. The number of ether oxygens (including phenoxy) is 2. The third kappa shape index (κ3) is 2.44. The minimum absolute atomic E-state index is 0.178. The Morgan fingerprint density at radius 1 is 1.50 bits per heavy atom. The summed E-state index contributed by atoms with van der Waals surface area (Å²) in [5, 5.41) is 2.31. The van der Waals surface area contributed by atoms with Crippen LogP contribution in [0, 0.1) is 3.57 Å². The quantitative estimate of drug-likeness (QED) is 0.818. The Bertz CT molecular complexity index is 345. The molecule has 0 bridgehead atoms. The van der Waals surface area contributed by atoms with E-state index in [0.717, 1.165) is 0 Å². The molecule has 0 atom stereocenters. The summed E-state index contributed by atoms with van der Waals surface area (Å²) in [5.74, 6) is 0.552. The molecule has 76 valence electrons. The highest BCUT2D eigenvalue weighted by atomic mass is 127. The average molecular weight is 309 g/mol. The third-order valence-corrected chi connectivity index (χ3v) is 2.24. The normalized spacial score (nSPS) is 9.36. The molecule has 1 rings (SSSR count). The van der Waals surface area contributed by atoms with E-state index >= 15 is 0 Å². The summed E-state index contributed by atoms with van der Waals surface area (Å²) in [6.07, 6.45) is 0.683. The minimum atomic E-state index is -0.580. The van der Waals surface area contributed by atoms with Crippen LogP contribution in [-0.2, 0) is 0 Å². The Labute approximate surface area is 94.2 Å². The van der Waals surface area contributed by atoms with Gasteiger partial charge in [0, 0.05) is 7.05 Å². The van der Waals surface area contributed by atoms with E-state index in [1.54, 1.807) is 0 Å². The Balaban J connectivity index is 2.92. The van der Waals surface area contributed by atoms with Crippen LogP contribution in [0.3, 0.4) is 0 Å². The van der Waals surface area contributed by atoms with Crippen LogP contribution >= 0.6 is 22.6 Å². The Hall–Kier alpha value is -1.12. The topological polar surface area (TPSA) is 73.3 Å². The van der Waals surface area contributed by atoms with E-state index in [-0.39, 0.29) is 5.88 Å². The summed E-state index contributed by atoms with van der Waals surface area (Å²) in [7, 11) is 2.95. The molecule has 0 aliphatic heterocycles. The second-order valence-corrected chi connectivity index (χ2v) is 3.22. The molecule has 0 aliphatic rings. The van der Waals surface area contributed by atoms with Gasteiger partial charge in [-0.05, 0) is 22.6 Å². The number of nitrogens with zero attached hydrogens (tertiary/aromatic N) is 2. The van der Waals surface area contributed by atoms with E-state index in [0.29, 0.717) is 9.45 Å². The fraction of sp³-hybridized carbons (Fsp3) is 0.286. The molecule has 0 aliphatic carbocycles. The number of halogens is 1. The SMILES string of the molecule is CNC(=O)Oc1ncnc(OC)c1I. The number of amides is 1. The maximum Gasteiger partial charge on any atom is 0.413 e. The fourth-order valence-electron chi connectivity index (χ4n) is 0.691. The van der Waals surface area contributed by atoms with Crippen molar-refractivity contribution in [2.45, 2.75) is 0 Å². The molecule has 14 heavy (non-hydrogen) atoms. The number of hydrogen-bond acceptors (Lipinski definition) is 5. The van der Waals surface area contributed by atoms with Crippen molar-refractivity contribution in [3.8, 4) is 11.8 Å². The van der Waals surface area contributed by atoms with E-state index in [1.165, 1.54) is 20.5 Å². The van der Waals surface area contributed by atoms with E-state index in [2.05, 4.69) is 15.3 Å². The summed E-state index contributed by atoms with van der Waals surface area (Å²) in [5.41, 5.74) is 0. The molecule has 1 amide bonds. The van der Waals surface area contributed by atoms with Crippen LogP contribution in [0.15, 0.2) is 6.33 Å². The van der Waals surface area contributed by atoms with Gasteiger partial charge in [-0.1, -0.05) is 0 Å².